The van der Waals surface area contributed by atoms with Gasteiger partial charge in [-0.1, -0.05) is 25.5 Å². The molecule has 1 aliphatic carbocycles. The Hall–Kier alpha value is -0.260. The smallest absolute Gasteiger partial charge is 0.0297 e. The molecule has 0 spiro atoms. The Labute approximate surface area is 58.0 Å². The number of allylic oxidation sites excluding steroid dienone is 2. The van der Waals surface area contributed by atoms with Crippen LogP contribution in [0.3, 0.4) is 0 Å². The Kier molecular flexibility index (Phi) is 2.32. The van der Waals surface area contributed by atoms with E-state index < -0.39 is 0 Å². The summed E-state index contributed by atoms with van der Waals surface area (Å²) in [4.78, 5) is 0. The molecule has 0 heterocycles. The SMILES string of the molecule is CC(C)CC1=CCCC1. The molecule has 0 fully saturated rings. The number of rotatable bonds is 2. The monoisotopic (exact) mass is 124 g/mol. The van der Waals surface area contributed by atoms with Gasteiger partial charge in [0, 0.05) is 0 Å². The summed E-state index contributed by atoms with van der Waals surface area (Å²) in [6, 6.07) is 0. The predicted molar refractivity (Wildman–Crippen MR) is 41.4 cm³/mol. The molecule has 0 saturated heterocycles. The highest BCUT2D eigenvalue weighted by Crippen LogP contribution is 2.23. The first-order chi connectivity index (χ1) is 4.29. The first-order valence-electron chi connectivity index (χ1n) is 3.97. The zero-order valence-corrected chi connectivity index (χ0v) is 6.48. The Bertz CT molecular complexity index is 109. The lowest BCUT2D eigenvalue weighted by atomic mass is 10.0. The van der Waals surface area contributed by atoms with E-state index in [2.05, 4.69) is 19.9 Å². The highest BCUT2D eigenvalue weighted by Gasteiger charge is 2.05. The third-order valence-electron chi connectivity index (χ3n) is 1.81. The molecular weight excluding hydrogens is 108 g/mol. The van der Waals surface area contributed by atoms with Crippen LogP contribution in [0.25, 0.3) is 0 Å². The normalized spacial score (nSPS) is 18.8. The van der Waals surface area contributed by atoms with E-state index in [0.717, 1.165) is 5.92 Å². The van der Waals surface area contributed by atoms with E-state index in [0.29, 0.717) is 0 Å². The van der Waals surface area contributed by atoms with Gasteiger partial charge in [0.05, 0.1) is 0 Å². The summed E-state index contributed by atoms with van der Waals surface area (Å²) in [5.74, 6) is 0.856. The third-order valence-corrected chi connectivity index (χ3v) is 1.81. The van der Waals surface area contributed by atoms with Crippen molar-refractivity contribution in [3.8, 4) is 0 Å². The fourth-order valence-corrected chi connectivity index (χ4v) is 1.45. The van der Waals surface area contributed by atoms with Gasteiger partial charge in [0.1, 0.15) is 0 Å². The van der Waals surface area contributed by atoms with Crippen molar-refractivity contribution in [2.75, 3.05) is 0 Å². The second-order valence-corrected chi connectivity index (χ2v) is 3.35. The maximum absolute atomic E-state index is 2.42. The topological polar surface area (TPSA) is 0 Å². The van der Waals surface area contributed by atoms with Crippen LogP contribution in [0.2, 0.25) is 0 Å². The quantitative estimate of drug-likeness (QED) is 0.496. The van der Waals surface area contributed by atoms with Crippen molar-refractivity contribution < 1.29 is 0 Å². The molecule has 1 rings (SSSR count). The van der Waals surface area contributed by atoms with Gasteiger partial charge in [-0.2, -0.15) is 0 Å². The van der Waals surface area contributed by atoms with Crippen LogP contribution in [-0.4, -0.2) is 0 Å². The Morgan fingerprint density at radius 1 is 1.56 bits per heavy atom. The average molecular weight is 124 g/mol. The van der Waals surface area contributed by atoms with Gasteiger partial charge < -0.3 is 0 Å². The van der Waals surface area contributed by atoms with Crippen LogP contribution in [0.5, 0.6) is 0 Å². The first kappa shape index (κ1) is 6.85. The van der Waals surface area contributed by atoms with Crippen LogP contribution in [-0.2, 0) is 0 Å². The lowest BCUT2D eigenvalue weighted by molar-refractivity contribution is 0.630. The van der Waals surface area contributed by atoms with E-state index in [1.54, 1.807) is 5.57 Å². The molecule has 0 unspecified atom stereocenters. The molecule has 0 saturated carbocycles. The summed E-state index contributed by atoms with van der Waals surface area (Å²) in [6.45, 7) is 4.58. The molecule has 0 aromatic carbocycles. The summed E-state index contributed by atoms with van der Waals surface area (Å²) in [5.41, 5.74) is 1.70. The summed E-state index contributed by atoms with van der Waals surface area (Å²) in [6.07, 6.45) is 7.86. The molecule has 9 heavy (non-hydrogen) atoms. The second-order valence-electron chi connectivity index (χ2n) is 3.35. The molecule has 0 aromatic rings. The summed E-state index contributed by atoms with van der Waals surface area (Å²) in [5, 5.41) is 0. The standard InChI is InChI=1S/C9H16/c1-8(2)7-9-5-3-4-6-9/h5,8H,3-4,6-7H2,1-2H3. The minimum absolute atomic E-state index is 0.856. The van der Waals surface area contributed by atoms with E-state index >= 15 is 0 Å². The zero-order chi connectivity index (χ0) is 6.69. The van der Waals surface area contributed by atoms with Crippen molar-refractivity contribution in [2.45, 2.75) is 39.5 Å². The van der Waals surface area contributed by atoms with Gasteiger partial charge in [0.15, 0.2) is 0 Å². The third kappa shape index (κ3) is 2.21. The molecule has 52 valence electrons. The maximum Gasteiger partial charge on any atom is -0.0297 e. The Morgan fingerprint density at radius 3 is 2.78 bits per heavy atom. The van der Waals surface area contributed by atoms with Gasteiger partial charge in [-0.15, -0.1) is 0 Å². The molecule has 0 atom stereocenters. The van der Waals surface area contributed by atoms with Crippen molar-refractivity contribution in [3.63, 3.8) is 0 Å². The summed E-state index contributed by atoms with van der Waals surface area (Å²) >= 11 is 0. The highest BCUT2D eigenvalue weighted by molar-refractivity contribution is 5.07. The van der Waals surface area contributed by atoms with Gasteiger partial charge in [-0.25, -0.2) is 0 Å². The van der Waals surface area contributed by atoms with Crippen LogP contribution < -0.4 is 0 Å². The summed E-state index contributed by atoms with van der Waals surface area (Å²) < 4.78 is 0. The minimum Gasteiger partial charge on any atom is -0.0853 e. The molecule has 0 bridgehead atoms. The first-order valence-corrected chi connectivity index (χ1v) is 3.97. The summed E-state index contributed by atoms with van der Waals surface area (Å²) in [7, 11) is 0. The average Bonchev–Trinajstić information content (AvgIpc) is 2.15. The van der Waals surface area contributed by atoms with Crippen molar-refractivity contribution in [2.24, 2.45) is 5.92 Å². The lowest BCUT2D eigenvalue weighted by Crippen LogP contribution is -1.87. The Morgan fingerprint density at radius 2 is 2.33 bits per heavy atom. The van der Waals surface area contributed by atoms with E-state index in [-0.39, 0.29) is 0 Å². The van der Waals surface area contributed by atoms with Crippen molar-refractivity contribution in [3.05, 3.63) is 11.6 Å². The van der Waals surface area contributed by atoms with Crippen LogP contribution in [0.1, 0.15) is 39.5 Å². The minimum atomic E-state index is 0.856. The fraction of sp³-hybridized carbons (Fsp3) is 0.778. The van der Waals surface area contributed by atoms with E-state index in [1.807, 2.05) is 0 Å². The van der Waals surface area contributed by atoms with Gasteiger partial charge >= 0.3 is 0 Å². The van der Waals surface area contributed by atoms with E-state index in [1.165, 1.54) is 25.7 Å². The number of hydrogen-bond donors (Lipinski definition) is 0. The van der Waals surface area contributed by atoms with Crippen LogP contribution in [0, 0.1) is 5.92 Å². The molecule has 0 amide bonds. The lowest BCUT2D eigenvalue weighted by Gasteiger charge is -2.03. The van der Waals surface area contributed by atoms with Crippen molar-refractivity contribution in [1.82, 2.24) is 0 Å². The Balaban J connectivity index is 2.26. The molecule has 0 heteroatoms. The molecule has 0 N–H and O–H groups in total. The fourth-order valence-electron chi connectivity index (χ4n) is 1.45. The van der Waals surface area contributed by atoms with Crippen LogP contribution in [0.15, 0.2) is 11.6 Å². The molecule has 0 radical (unpaired) electrons. The molecule has 0 aliphatic heterocycles. The molecule has 0 nitrogen and oxygen atoms in total. The van der Waals surface area contributed by atoms with E-state index in [9.17, 15) is 0 Å². The largest absolute Gasteiger partial charge is 0.0853 e. The van der Waals surface area contributed by atoms with Crippen LogP contribution in [0.4, 0.5) is 0 Å². The second kappa shape index (κ2) is 3.05. The zero-order valence-electron chi connectivity index (χ0n) is 6.48. The van der Waals surface area contributed by atoms with Gasteiger partial charge in [0.25, 0.3) is 0 Å². The molecule has 0 aromatic heterocycles. The van der Waals surface area contributed by atoms with Gasteiger partial charge in [0.2, 0.25) is 0 Å². The van der Waals surface area contributed by atoms with Crippen molar-refractivity contribution in [1.29, 1.82) is 0 Å². The number of hydrogen-bond acceptors (Lipinski definition) is 0. The molecular formula is C9H16. The van der Waals surface area contributed by atoms with Gasteiger partial charge in [-0.05, 0) is 31.6 Å². The molecule has 1 aliphatic rings. The van der Waals surface area contributed by atoms with Crippen LogP contribution >= 0.6 is 0 Å². The van der Waals surface area contributed by atoms with Crippen molar-refractivity contribution >= 4 is 0 Å². The highest BCUT2D eigenvalue weighted by atomic mass is 14.1. The van der Waals surface area contributed by atoms with E-state index in [4.69, 9.17) is 0 Å². The predicted octanol–water partition coefficient (Wildman–Crippen LogP) is 3.14. The van der Waals surface area contributed by atoms with Gasteiger partial charge in [-0.3, -0.25) is 0 Å². The maximum atomic E-state index is 2.42.